The molecule has 0 atom stereocenters. The maximum absolute atomic E-state index is 10.9. The van der Waals surface area contributed by atoms with Crippen LogP contribution in [0.15, 0.2) is 0 Å². The molecule has 0 radical (unpaired) electrons. The Morgan fingerprint density at radius 1 is 1.73 bits per heavy atom. The smallest absolute Gasteiger partial charge is 0.239 e. The zero-order chi connectivity index (χ0) is 8.27. The molecule has 0 aromatic rings. The van der Waals surface area contributed by atoms with Crippen LogP contribution in [0.25, 0.3) is 0 Å². The number of carbonyl (C=O) groups is 1. The zero-order valence-corrected chi connectivity index (χ0v) is 6.68. The van der Waals surface area contributed by atoms with Gasteiger partial charge in [-0.3, -0.25) is 10.2 Å². The van der Waals surface area contributed by atoms with Crippen LogP contribution in [0.1, 0.15) is 13.3 Å². The molecule has 1 rings (SSSR count). The van der Waals surface area contributed by atoms with Gasteiger partial charge in [-0.1, -0.05) is 0 Å². The van der Waals surface area contributed by atoms with Crippen molar-refractivity contribution in [3.05, 3.63) is 0 Å². The first-order chi connectivity index (χ1) is 5.20. The fourth-order valence-electron chi connectivity index (χ4n) is 1.09. The largest absolute Gasteiger partial charge is 0.354 e. The van der Waals surface area contributed by atoms with E-state index in [1.165, 1.54) is 0 Å². The number of carbonyl (C=O) groups excluding carboxylic acids is 1. The Morgan fingerprint density at radius 3 is 3.09 bits per heavy atom. The normalized spacial score (nSPS) is 19.0. The van der Waals surface area contributed by atoms with Gasteiger partial charge in [-0.15, -0.1) is 0 Å². The van der Waals surface area contributed by atoms with Gasteiger partial charge in [0.05, 0.1) is 12.4 Å². The molecule has 0 bridgehead atoms. The van der Waals surface area contributed by atoms with Crippen LogP contribution >= 0.6 is 0 Å². The average Bonchev–Trinajstić information content (AvgIpc) is 2.13. The van der Waals surface area contributed by atoms with E-state index in [1.54, 1.807) is 11.8 Å². The summed E-state index contributed by atoms with van der Waals surface area (Å²) in [5.74, 6) is 0.496. The Kier molecular flexibility index (Phi) is 2.46. The first kappa shape index (κ1) is 8.04. The third-order valence-electron chi connectivity index (χ3n) is 1.74. The van der Waals surface area contributed by atoms with Crippen molar-refractivity contribution >= 4 is 11.7 Å². The number of nitrogens with one attached hydrogen (secondary N) is 2. The summed E-state index contributed by atoms with van der Waals surface area (Å²) in [7, 11) is 0. The van der Waals surface area contributed by atoms with Gasteiger partial charge in [-0.2, -0.15) is 0 Å². The molecule has 1 aliphatic rings. The molecule has 1 aliphatic heterocycles. The van der Waals surface area contributed by atoms with Crippen molar-refractivity contribution in [2.75, 3.05) is 19.6 Å². The van der Waals surface area contributed by atoms with Crippen molar-refractivity contribution in [2.24, 2.45) is 0 Å². The van der Waals surface area contributed by atoms with Crippen LogP contribution in [0.5, 0.6) is 0 Å². The molecule has 1 heterocycles. The Bertz CT molecular complexity index is 179. The predicted octanol–water partition coefficient (Wildman–Crippen LogP) is -0.195. The van der Waals surface area contributed by atoms with E-state index in [4.69, 9.17) is 5.41 Å². The average molecular weight is 155 g/mol. The highest BCUT2D eigenvalue weighted by molar-refractivity contribution is 5.85. The minimum atomic E-state index is 0.0223. The van der Waals surface area contributed by atoms with Crippen LogP contribution in [-0.2, 0) is 4.79 Å². The van der Waals surface area contributed by atoms with Crippen LogP contribution < -0.4 is 5.32 Å². The number of amides is 1. The van der Waals surface area contributed by atoms with E-state index in [2.05, 4.69) is 5.32 Å². The second kappa shape index (κ2) is 3.37. The third-order valence-corrected chi connectivity index (χ3v) is 1.74. The van der Waals surface area contributed by atoms with E-state index in [9.17, 15) is 4.79 Å². The second-order valence-electron chi connectivity index (χ2n) is 2.71. The van der Waals surface area contributed by atoms with E-state index in [-0.39, 0.29) is 5.91 Å². The van der Waals surface area contributed by atoms with Gasteiger partial charge in [0, 0.05) is 13.1 Å². The number of hydrogen-bond donors (Lipinski definition) is 2. The van der Waals surface area contributed by atoms with Crippen molar-refractivity contribution in [1.29, 1.82) is 5.41 Å². The highest BCUT2D eigenvalue weighted by Gasteiger charge is 2.13. The van der Waals surface area contributed by atoms with E-state index < -0.39 is 0 Å². The molecule has 4 heteroatoms. The highest BCUT2D eigenvalue weighted by Crippen LogP contribution is 1.95. The van der Waals surface area contributed by atoms with E-state index in [0.29, 0.717) is 12.4 Å². The molecule has 0 unspecified atom stereocenters. The topological polar surface area (TPSA) is 56.2 Å². The number of hydrogen-bond acceptors (Lipinski definition) is 2. The van der Waals surface area contributed by atoms with Crippen molar-refractivity contribution in [2.45, 2.75) is 13.3 Å². The molecule has 0 spiro atoms. The van der Waals surface area contributed by atoms with Crippen LogP contribution in [0.3, 0.4) is 0 Å². The molecule has 2 N–H and O–H groups in total. The quantitative estimate of drug-likeness (QED) is 0.376. The summed E-state index contributed by atoms with van der Waals surface area (Å²) in [5.41, 5.74) is 0. The summed E-state index contributed by atoms with van der Waals surface area (Å²) >= 11 is 0. The number of amidine groups is 1. The van der Waals surface area contributed by atoms with Crippen LogP contribution in [-0.4, -0.2) is 36.3 Å². The molecule has 62 valence electrons. The van der Waals surface area contributed by atoms with Gasteiger partial charge in [0.15, 0.2) is 0 Å². The summed E-state index contributed by atoms with van der Waals surface area (Å²) < 4.78 is 0. The fraction of sp³-hybridized carbons (Fsp3) is 0.714. The van der Waals surface area contributed by atoms with E-state index in [1.807, 2.05) is 0 Å². The van der Waals surface area contributed by atoms with Gasteiger partial charge in [0.1, 0.15) is 0 Å². The van der Waals surface area contributed by atoms with Crippen molar-refractivity contribution in [1.82, 2.24) is 10.2 Å². The first-order valence-electron chi connectivity index (χ1n) is 3.77. The summed E-state index contributed by atoms with van der Waals surface area (Å²) in [6, 6.07) is 0. The zero-order valence-electron chi connectivity index (χ0n) is 6.68. The third kappa shape index (κ3) is 2.22. The summed E-state index contributed by atoms with van der Waals surface area (Å²) in [6.07, 6.45) is 0.932. The number of rotatable bonds is 0. The molecule has 0 aromatic carbocycles. The monoisotopic (exact) mass is 155 g/mol. The Morgan fingerprint density at radius 2 is 2.45 bits per heavy atom. The lowest BCUT2D eigenvalue weighted by molar-refractivity contribution is -0.120. The van der Waals surface area contributed by atoms with Crippen molar-refractivity contribution in [3.63, 3.8) is 0 Å². The van der Waals surface area contributed by atoms with Gasteiger partial charge in [0.2, 0.25) is 5.91 Å². The molecular weight excluding hydrogens is 142 g/mol. The lowest BCUT2D eigenvalue weighted by atomic mass is 10.4. The maximum Gasteiger partial charge on any atom is 0.239 e. The fourth-order valence-corrected chi connectivity index (χ4v) is 1.09. The first-order valence-corrected chi connectivity index (χ1v) is 3.77. The Labute approximate surface area is 66.1 Å². The lowest BCUT2D eigenvalue weighted by Crippen LogP contribution is -2.35. The molecule has 11 heavy (non-hydrogen) atoms. The van der Waals surface area contributed by atoms with Gasteiger partial charge < -0.3 is 10.2 Å². The van der Waals surface area contributed by atoms with Crippen LogP contribution in [0.2, 0.25) is 0 Å². The maximum atomic E-state index is 10.9. The Balaban J connectivity index is 2.52. The molecule has 1 fully saturated rings. The van der Waals surface area contributed by atoms with Crippen molar-refractivity contribution in [3.8, 4) is 0 Å². The molecule has 0 aliphatic carbocycles. The standard InChI is InChI=1S/C7H13N3O/c1-6(8)10-4-2-3-9-7(11)5-10/h8H,2-5H2,1H3,(H,9,11). The molecule has 0 saturated carbocycles. The van der Waals surface area contributed by atoms with E-state index >= 15 is 0 Å². The minimum absolute atomic E-state index is 0.0223. The summed E-state index contributed by atoms with van der Waals surface area (Å²) in [5, 5.41) is 10.1. The number of nitrogens with zero attached hydrogens (tertiary/aromatic N) is 1. The predicted molar refractivity (Wildman–Crippen MR) is 42.6 cm³/mol. The molecule has 0 aromatic heterocycles. The van der Waals surface area contributed by atoms with Gasteiger partial charge in [-0.25, -0.2) is 0 Å². The van der Waals surface area contributed by atoms with Gasteiger partial charge in [0.25, 0.3) is 0 Å². The molecular formula is C7H13N3O. The van der Waals surface area contributed by atoms with Crippen molar-refractivity contribution < 1.29 is 4.79 Å². The minimum Gasteiger partial charge on any atom is -0.354 e. The molecule has 1 saturated heterocycles. The van der Waals surface area contributed by atoms with E-state index in [0.717, 1.165) is 19.5 Å². The summed E-state index contributed by atoms with van der Waals surface area (Å²) in [4.78, 5) is 12.7. The van der Waals surface area contributed by atoms with Crippen LogP contribution in [0.4, 0.5) is 0 Å². The Hall–Kier alpha value is -1.06. The summed E-state index contributed by atoms with van der Waals surface area (Å²) in [6.45, 7) is 3.60. The van der Waals surface area contributed by atoms with Gasteiger partial charge >= 0.3 is 0 Å². The highest BCUT2D eigenvalue weighted by atomic mass is 16.2. The van der Waals surface area contributed by atoms with Gasteiger partial charge in [-0.05, 0) is 13.3 Å². The SMILES string of the molecule is CC(=N)N1CCCNC(=O)C1. The lowest BCUT2D eigenvalue weighted by Gasteiger charge is -2.18. The molecule has 1 amide bonds. The second-order valence-corrected chi connectivity index (χ2v) is 2.71. The van der Waals surface area contributed by atoms with Crippen LogP contribution in [0, 0.1) is 5.41 Å². The molecule has 4 nitrogen and oxygen atoms in total.